The Hall–Kier alpha value is -1.55. The summed E-state index contributed by atoms with van der Waals surface area (Å²) in [5.41, 5.74) is 3.77. The molecular weight excluding hydrogens is 252 g/mol. The zero-order valence-electron chi connectivity index (χ0n) is 12.9. The van der Waals surface area contributed by atoms with Gasteiger partial charge in [0, 0.05) is 19.1 Å². The van der Waals surface area contributed by atoms with Crippen LogP contribution in [0.2, 0.25) is 0 Å². The van der Waals surface area contributed by atoms with Crippen molar-refractivity contribution >= 4 is 6.03 Å². The number of aliphatic hydroxyl groups excluding tert-OH is 1. The van der Waals surface area contributed by atoms with Crippen LogP contribution in [-0.2, 0) is 6.42 Å². The first-order chi connectivity index (χ1) is 9.47. The third kappa shape index (κ3) is 4.85. The van der Waals surface area contributed by atoms with Crippen LogP contribution in [0, 0.1) is 13.8 Å². The molecule has 0 saturated heterocycles. The SMILES string of the molecule is CCN(CCO)C(=O)N[C@@H](C)Cc1ccc(C)cc1C. The molecule has 4 heteroatoms. The summed E-state index contributed by atoms with van der Waals surface area (Å²) in [6.07, 6.45) is 0.814. The number of aryl methyl sites for hydroxylation is 2. The number of hydrogen-bond acceptors (Lipinski definition) is 2. The average Bonchev–Trinajstić information content (AvgIpc) is 2.39. The first-order valence-electron chi connectivity index (χ1n) is 7.20. The lowest BCUT2D eigenvalue weighted by molar-refractivity contribution is 0.177. The van der Waals surface area contributed by atoms with Crippen molar-refractivity contribution in [3.8, 4) is 0 Å². The second-order valence-electron chi connectivity index (χ2n) is 5.29. The highest BCUT2D eigenvalue weighted by Crippen LogP contribution is 2.12. The summed E-state index contributed by atoms with van der Waals surface area (Å²) in [6.45, 7) is 9.05. The number of nitrogens with one attached hydrogen (secondary N) is 1. The fraction of sp³-hybridized carbons (Fsp3) is 0.562. The van der Waals surface area contributed by atoms with Crippen LogP contribution in [0.1, 0.15) is 30.5 Å². The summed E-state index contributed by atoms with van der Waals surface area (Å²) in [7, 11) is 0. The van der Waals surface area contributed by atoms with E-state index in [1.54, 1.807) is 4.90 Å². The van der Waals surface area contributed by atoms with E-state index in [-0.39, 0.29) is 18.7 Å². The summed E-state index contributed by atoms with van der Waals surface area (Å²) < 4.78 is 0. The zero-order valence-corrected chi connectivity index (χ0v) is 12.9. The highest BCUT2D eigenvalue weighted by atomic mass is 16.3. The normalized spacial score (nSPS) is 12.1. The maximum Gasteiger partial charge on any atom is 0.317 e. The van der Waals surface area contributed by atoms with Crippen molar-refractivity contribution in [1.82, 2.24) is 10.2 Å². The van der Waals surface area contributed by atoms with E-state index in [2.05, 4.69) is 37.4 Å². The van der Waals surface area contributed by atoms with Gasteiger partial charge in [-0.3, -0.25) is 0 Å². The molecule has 0 aliphatic carbocycles. The quantitative estimate of drug-likeness (QED) is 0.838. The summed E-state index contributed by atoms with van der Waals surface area (Å²) in [6, 6.07) is 6.34. The van der Waals surface area contributed by atoms with Crippen molar-refractivity contribution in [2.45, 2.75) is 40.2 Å². The molecule has 2 amide bonds. The van der Waals surface area contributed by atoms with Crippen molar-refractivity contribution in [3.63, 3.8) is 0 Å². The number of likely N-dealkylation sites (N-methyl/N-ethyl adjacent to an activating group) is 1. The molecule has 0 unspecified atom stereocenters. The van der Waals surface area contributed by atoms with E-state index in [0.29, 0.717) is 13.1 Å². The van der Waals surface area contributed by atoms with Gasteiger partial charge in [0.05, 0.1) is 6.61 Å². The molecule has 0 fully saturated rings. The van der Waals surface area contributed by atoms with E-state index in [1.807, 2.05) is 13.8 Å². The Morgan fingerprint density at radius 2 is 2.10 bits per heavy atom. The fourth-order valence-corrected chi connectivity index (χ4v) is 2.28. The standard InChI is InChI=1S/C16H26N2O2/c1-5-18(8-9-19)16(20)17-14(4)11-15-7-6-12(2)10-13(15)3/h6-7,10,14,19H,5,8-9,11H2,1-4H3,(H,17,20)/t14-/m0/s1. The number of benzene rings is 1. The number of nitrogens with zero attached hydrogens (tertiary/aromatic N) is 1. The summed E-state index contributed by atoms with van der Waals surface area (Å²) >= 11 is 0. The molecule has 112 valence electrons. The van der Waals surface area contributed by atoms with Crippen LogP contribution in [0.25, 0.3) is 0 Å². The molecule has 0 spiro atoms. The van der Waals surface area contributed by atoms with Gasteiger partial charge in [-0.1, -0.05) is 23.8 Å². The second-order valence-corrected chi connectivity index (χ2v) is 5.29. The van der Waals surface area contributed by atoms with Gasteiger partial charge in [-0.2, -0.15) is 0 Å². The molecule has 1 aromatic carbocycles. The number of urea groups is 1. The van der Waals surface area contributed by atoms with E-state index >= 15 is 0 Å². The zero-order chi connectivity index (χ0) is 15.1. The maximum atomic E-state index is 12.0. The molecule has 0 heterocycles. The summed E-state index contributed by atoms with van der Waals surface area (Å²) in [5, 5.41) is 11.9. The van der Waals surface area contributed by atoms with Crippen LogP contribution in [0.15, 0.2) is 18.2 Å². The van der Waals surface area contributed by atoms with Crippen molar-refractivity contribution in [2.75, 3.05) is 19.7 Å². The number of carbonyl (C=O) groups is 1. The molecule has 0 bridgehead atoms. The van der Waals surface area contributed by atoms with Crippen LogP contribution < -0.4 is 5.32 Å². The molecule has 1 rings (SSSR count). The highest BCUT2D eigenvalue weighted by Gasteiger charge is 2.14. The first-order valence-corrected chi connectivity index (χ1v) is 7.20. The van der Waals surface area contributed by atoms with Crippen LogP contribution >= 0.6 is 0 Å². The molecule has 2 N–H and O–H groups in total. The van der Waals surface area contributed by atoms with E-state index in [9.17, 15) is 4.79 Å². The molecule has 0 saturated carbocycles. The van der Waals surface area contributed by atoms with Gasteiger partial charge in [0.25, 0.3) is 0 Å². The van der Waals surface area contributed by atoms with E-state index in [1.165, 1.54) is 16.7 Å². The minimum absolute atomic E-state index is 0.00723. The van der Waals surface area contributed by atoms with Crippen LogP contribution in [0.5, 0.6) is 0 Å². The minimum Gasteiger partial charge on any atom is -0.395 e. The topological polar surface area (TPSA) is 52.6 Å². The fourth-order valence-electron chi connectivity index (χ4n) is 2.28. The van der Waals surface area contributed by atoms with Gasteiger partial charge in [0.2, 0.25) is 0 Å². The minimum atomic E-state index is -0.112. The van der Waals surface area contributed by atoms with E-state index < -0.39 is 0 Å². The van der Waals surface area contributed by atoms with Crippen molar-refractivity contribution in [2.24, 2.45) is 0 Å². The maximum absolute atomic E-state index is 12.0. The molecule has 0 aromatic heterocycles. The van der Waals surface area contributed by atoms with Crippen LogP contribution in [0.3, 0.4) is 0 Å². The van der Waals surface area contributed by atoms with Gasteiger partial charge in [-0.15, -0.1) is 0 Å². The number of aliphatic hydroxyl groups is 1. The lowest BCUT2D eigenvalue weighted by atomic mass is 10.00. The molecule has 20 heavy (non-hydrogen) atoms. The Labute approximate surface area is 121 Å². The molecule has 0 aliphatic heterocycles. The molecule has 1 atom stereocenters. The third-order valence-electron chi connectivity index (χ3n) is 3.43. The predicted molar refractivity (Wildman–Crippen MR) is 81.9 cm³/mol. The molecule has 1 aromatic rings. The van der Waals surface area contributed by atoms with Gasteiger partial charge >= 0.3 is 6.03 Å². The van der Waals surface area contributed by atoms with Crippen molar-refractivity contribution < 1.29 is 9.90 Å². The first kappa shape index (κ1) is 16.5. The van der Waals surface area contributed by atoms with Gasteiger partial charge in [0.15, 0.2) is 0 Å². The van der Waals surface area contributed by atoms with Gasteiger partial charge in [-0.05, 0) is 45.2 Å². The third-order valence-corrected chi connectivity index (χ3v) is 3.43. The lowest BCUT2D eigenvalue weighted by Crippen LogP contribution is -2.45. The van der Waals surface area contributed by atoms with Crippen LogP contribution in [-0.4, -0.2) is 41.8 Å². The van der Waals surface area contributed by atoms with E-state index in [4.69, 9.17) is 5.11 Å². The molecule has 0 radical (unpaired) electrons. The van der Waals surface area contributed by atoms with E-state index in [0.717, 1.165) is 6.42 Å². The summed E-state index contributed by atoms with van der Waals surface area (Å²) in [4.78, 5) is 13.6. The van der Waals surface area contributed by atoms with Gasteiger partial charge in [-0.25, -0.2) is 4.79 Å². The Bertz CT molecular complexity index is 446. The Kier molecular flexibility index (Phi) is 6.52. The number of amides is 2. The predicted octanol–water partition coefficient (Wildman–Crippen LogP) is 2.26. The van der Waals surface area contributed by atoms with Gasteiger partial charge < -0.3 is 15.3 Å². The molecular formula is C16H26N2O2. The Balaban J connectivity index is 2.58. The lowest BCUT2D eigenvalue weighted by Gasteiger charge is -2.23. The van der Waals surface area contributed by atoms with Gasteiger partial charge in [0.1, 0.15) is 0 Å². The van der Waals surface area contributed by atoms with Crippen molar-refractivity contribution in [3.05, 3.63) is 34.9 Å². The second kappa shape index (κ2) is 7.90. The number of rotatable bonds is 6. The largest absolute Gasteiger partial charge is 0.395 e. The van der Waals surface area contributed by atoms with Crippen LogP contribution in [0.4, 0.5) is 4.79 Å². The molecule has 4 nitrogen and oxygen atoms in total. The smallest absolute Gasteiger partial charge is 0.317 e. The highest BCUT2D eigenvalue weighted by molar-refractivity contribution is 5.74. The monoisotopic (exact) mass is 278 g/mol. The Morgan fingerprint density at radius 1 is 1.40 bits per heavy atom. The number of carbonyl (C=O) groups excluding carboxylic acids is 1. The Morgan fingerprint density at radius 3 is 2.65 bits per heavy atom. The average molecular weight is 278 g/mol. The van der Waals surface area contributed by atoms with Crippen molar-refractivity contribution in [1.29, 1.82) is 0 Å². The number of hydrogen-bond donors (Lipinski definition) is 2. The summed E-state index contributed by atoms with van der Waals surface area (Å²) in [5.74, 6) is 0. The molecule has 0 aliphatic rings.